The summed E-state index contributed by atoms with van der Waals surface area (Å²) in [4.78, 5) is 2.65. The molecule has 2 unspecified atom stereocenters. The fourth-order valence-electron chi connectivity index (χ4n) is 3.09. The molecule has 1 aliphatic carbocycles. The van der Waals surface area contributed by atoms with Gasteiger partial charge in [0.2, 0.25) is 0 Å². The second-order valence-corrected chi connectivity index (χ2v) is 5.90. The van der Waals surface area contributed by atoms with Crippen molar-refractivity contribution in [3.8, 4) is 0 Å². The van der Waals surface area contributed by atoms with E-state index in [9.17, 15) is 0 Å². The number of rotatable bonds is 8. The first kappa shape index (κ1) is 28.5. The van der Waals surface area contributed by atoms with Crippen molar-refractivity contribution in [2.45, 2.75) is 94.4 Å². The summed E-state index contributed by atoms with van der Waals surface area (Å²) in [7, 11) is 0. The van der Waals surface area contributed by atoms with Gasteiger partial charge >= 0.3 is 0 Å². The first-order valence-corrected chi connectivity index (χ1v) is 10.8. The van der Waals surface area contributed by atoms with E-state index >= 15 is 0 Å². The highest BCUT2D eigenvalue weighted by atomic mass is 15.1. The van der Waals surface area contributed by atoms with Crippen LogP contribution in [0, 0.1) is 11.8 Å². The van der Waals surface area contributed by atoms with E-state index < -0.39 is 0 Å². The minimum atomic E-state index is 0.787. The molecule has 2 nitrogen and oxygen atoms in total. The fourth-order valence-corrected chi connectivity index (χ4v) is 3.09. The van der Waals surface area contributed by atoms with Gasteiger partial charge in [-0.3, -0.25) is 0 Å². The van der Waals surface area contributed by atoms with E-state index in [1.165, 1.54) is 51.7 Å². The van der Waals surface area contributed by atoms with E-state index in [4.69, 9.17) is 5.73 Å². The summed E-state index contributed by atoms with van der Waals surface area (Å²) in [5, 5.41) is 0. The van der Waals surface area contributed by atoms with Gasteiger partial charge < -0.3 is 10.6 Å². The number of hydrogen-bond acceptors (Lipinski definition) is 2. The molecule has 0 amide bonds. The topological polar surface area (TPSA) is 29.3 Å². The van der Waals surface area contributed by atoms with Crippen molar-refractivity contribution in [3.05, 3.63) is 11.6 Å². The molecule has 0 saturated heterocycles. The van der Waals surface area contributed by atoms with Crippen molar-refractivity contribution in [1.82, 2.24) is 4.90 Å². The molecule has 0 fully saturated rings. The van der Waals surface area contributed by atoms with Crippen molar-refractivity contribution >= 4 is 0 Å². The van der Waals surface area contributed by atoms with Gasteiger partial charge in [-0.05, 0) is 57.5 Å². The summed E-state index contributed by atoms with van der Waals surface area (Å²) in [5.41, 5.74) is 7.29. The van der Waals surface area contributed by atoms with E-state index in [1.807, 2.05) is 41.5 Å². The van der Waals surface area contributed by atoms with Crippen molar-refractivity contribution < 1.29 is 0 Å². The van der Waals surface area contributed by atoms with Gasteiger partial charge in [-0.2, -0.15) is 0 Å². The lowest BCUT2D eigenvalue weighted by molar-refractivity contribution is 0.192. The van der Waals surface area contributed by atoms with Crippen LogP contribution in [-0.2, 0) is 0 Å². The van der Waals surface area contributed by atoms with Crippen LogP contribution in [0.4, 0.5) is 0 Å². The predicted molar refractivity (Wildman–Crippen MR) is 115 cm³/mol. The Morgan fingerprint density at radius 1 is 1.12 bits per heavy atom. The maximum atomic E-state index is 5.70. The van der Waals surface area contributed by atoms with Crippen molar-refractivity contribution in [2.24, 2.45) is 17.6 Å². The first-order valence-electron chi connectivity index (χ1n) is 10.8. The van der Waals surface area contributed by atoms with E-state index in [1.54, 1.807) is 5.57 Å². The SMILES string of the molecule is CC.CC.CC.CCC(CCN)CN(CC)CC1CCC=C(C)C1. The molecule has 148 valence electrons. The minimum absolute atomic E-state index is 0.787. The molecule has 0 bridgehead atoms. The molecule has 2 N–H and O–H groups in total. The average Bonchev–Trinajstić information content (AvgIpc) is 2.65. The van der Waals surface area contributed by atoms with Crippen LogP contribution in [0.1, 0.15) is 94.4 Å². The standard InChI is InChI=1S/C16H32N2.3C2H6/c1-4-15(9-10-17)12-18(5-2)13-16-8-6-7-14(3)11-16;3*1-2/h7,15-16H,4-6,8-13,17H2,1-3H3;3*1-2H3. The summed E-state index contributed by atoms with van der Waals surface area (Å²) < 4.78 is 0. The fraction of sp³-hybridized carbons (Fsp3) is 0.909. The van der Waals surface area contributed by atoms with E-state index in [0.29, 0.717) is 0 Å². The highest BCUT2D eigenvalue weighted by Crippen LogP contribution is 2.25. The van der Waals surface area contributed by atoms with Crippen LogP contribution in [0.5, 0.6) is 0 Å². The lowest BCUT2D eigenvalue weighted by Crippen LogP contribution is -2.35. The molecule has 0 saturated carbocycles. The first-order chi connectivity index (χ1) is 11.7. The van der Waals surface area contributed by atoms with Crippen LogP contribution in [-0.4, -0.2) is 31.1 Å². The predicted octanol–water partition coefficient (Wildman–Crippen LogP) is 6.51. The number of nitrogens with zero attached hydrogens (tertiary/aromatic N) is 1. The van der Waals surface area contributed by atoms with Gasteiger partial charge in [0, 0.05) is 13.1 Å². The zero-order chi connectivity index (χ0) is 19.4. The highest BCUT2D eigenvalue weighted by molar-refractivity contribution is 5.03. The molecule has 0 aromatic rings. The van der Waals surface area contributed by atoms with Gasteiger partial charge in [0.15, 0.2) is 0 Å². The maximum Gasteiger partial charge on any atom is 0.00128 e. The van der Waals surface area contributed by atoms with Crippen LogP contribution in [0.3, 0.4) is 0 Å². The van der Waals surface area contributed by atoms with Gasteiger partial charge in [0.05, 0.1) is 0 Å². The van der Waals surface area contributed by atoms with Gasteiger partial charge in [-0.25, -0.2) is 0 Å². The van der Waals surface area contributed by atoms with Crippen molar-refractivity contribution in [2.75, 3.05) is 26.2 Å². The monoisotopic (exact) mass is 342 g/mol. The molecule has 2 atom stereocenters. The normalized spacial score (nSPS) is 17.3. The summed E-state index contributed by atoms with van der Waals surface area (Å²) in [6, 6.07) is 0. The van der Waals surface area contributed by atoms with Gasteiger partial charge in [-0.15, -0.1) is 0 Å². The Morgan fingerprint density at radius 3 is 2.12 bits per heavy atom. The zero-order valence-corrected chi connectivity index (χ0v) is 18.6. The van der Waals surface area contributed by atoms with Crippen LogP contribution in [0.25, 0.3) is 0 Å². The van der Waals surface area contributed by atoms with Crippen LogP contribution in [0.15, 0.2) is 11.6 Å². The highest BCUT2D eigenvalue weighted by Gasteiger charge is 2.18. The Labute approximate surface area is 155 Å². The molecule has 0 aromatic heterocycles. The third-order valence-corrected chi connectivity index (χ3v) is 4.31. The van der Waals surface area contributed by atoms with E-state index in [2.05, 4.69) is 31.7 Å². The maximum absolute atomic E-state index is 5.70. The van der Waals surface area contributed by atoms with Crippen LogP contribution >= 0.6 is 0 Å². The molecule has 24 heavy (non-hydrogen) atoms. The Morgan fingerprint density at radius 2 is 1.71 bits per heavy atom. The molecule has 0 spiro atoms. The Bertz CT molecular complexity index is 248. The van der Waals surface area contributed by atoms with Crippen LogP contribution in [0.2, 0.25) is 0 Å². The average molecular weight is 343 g/mol. The third kappa shape index (κ3) is 15.2. The van der Waals surface area contributed by atoms with E-state index in [-0.39, 0.29) is 0 Å². The smallest absolute Gasteiger partial charge is 0.00128 e. The Kier molecular flexibility index (Phi) is 26.9. The second-order valence-electron chi connectivity index (χ2n) is 5.90. The van der Waals surface area contributed by atoms with E-state index in [0.717, 1.165) is 18.4 Å². The van der Waals surface area contributed by atoms with Crippen molar-refractivity contribution in [1.29, 1.82) is 0 Å². The van der Waals surface area contributed by atoms with Gasteiger partial charge in [0.1, 0.15) is 0 Å². The quantitative estimate of drug-likeness (QED) is 0.509. The summed E-state index contributed by atoms with van der Waals surface area (Å²) >= 11 is 0. The molecule has 0 aromatic carbocycles. The minimum Gasteiger partial charge on any atom is -0.330 e. The molecular formula is C22H50N2. The van der Waals surface area contributed by atoms with Gasteiger partial charge in [-0.1, -0.05) is 73.5 Å². The lowest BCUT2D eigenvalue weighted by Gasteiger charge is -2.31. The summed E-state index contributed by atoms with van der Waals surface area (Å²) in [6.07, 6.45) is 8.82. The number of hydrogen-bond donors (Lipinski definition) is 1. The molecule has 1 rings (SSSR count). The molecular weight excluding hydrogens is 292 g/mol. The molecule has 0 aliphatic heterocycles. The van der Waals surface area contributed by atoms with Gasteiger partial charge in [0.25, 0.3) is 0 Å². The lowest BCUT2D eigenvalue weighted by atomic mass is 9.89. The Balaban J connectivity index is -0.000000659. The van der Waals surface area contributed by atoms with Crippen molar-refractivity contribution in [3.63, 3.8) is 0 Å². The summed E-state index contributed by atoms with van der Waals surface area (Å²) in [5.74, 6) is 1.67. The third-order valence-electron chi connectivity index (χ3n) is 4.31. The zero-order valence-electron chi connectivity index (χ0n) is 18.6. The Hall–Kier alpha value is -0.340. The molecule has 1 aliphatic rings. The largest absolute Gasteiger partial charge is 0.330 e. The molecule has 0 heterocycles. The molecule has 0 radical (unpaired) electrons. The van der Waals surface area contributed by atoms with Crippen LogP contribution < -0.4 is 5.73 Å². The number of nitrogens with two attached hydrogens (primary N) is 1. The summed E-state index contributed by atoms with van der Waals surface area (Å²) in [6.45, 7) is 23.4. The molecule has 2 heteroatoms. The second kappa shape index (κ2) is 22.7. The number of allylic oxidation sites excluding steroid dienone is 2.